The van der Waals surface area contributed by atoms with Crippen molar-refractivity contribution < 1.29 is 5.11 Å². The summed E-state index contributed by atoms with van der Waals surface area (Å²) < 4.78 is 0. The van der Waals surface area contributed by atoms with Crippen LogP contribution in [-0.4, -0.2) is 23.2 Å². The molecule has 1 aliphatic heterocycles. The van der Waals surface area contributed by atoms with Crippen LogP contribution < -0.4 is 4.90 Å². The van der Waals surface area contributed by atoms with Gasteiger partial charge in [-0.05, 0) is 44.4 Å². The van der Waals surface area contributed by atoms with Gasteiger partial charge in [-0.3, -0.25) is 0 Å². The Labute approximate surface area is 124 Å². The number of benzene rings is 1. The van der Waals surface area contributed by atoms with Crippen molar-refractivity contribution in [2.75, 3.05) is 18.0 Å². The highest BCUT2D eigenvalue weighted by Gasteiger charge is 2.18. The Kier molecular flexibility index (Phi) is 3.52. The van der Waals surface area contributed by atoms with Gasteiger partial charge in [0.2, 0.25) is 0 Å². The lowest BCUT2D eigenvalue weighted by Gasteiger charge is -2.19. The standard InChI is InChI=1S/C17H19N3O/c1-11-7-14(12(2)21)17-15(8-11)13(10-18)9-16(19-17)20-5-3-4-6-20/h7-9,12,21H,3-6H2,1-2H3. The molecule has 1 unspecified atom stereocenters. The van der Waals surface area contributed by atoms with E-state index < -0.39 is 6.10 Å². The van der Waals surface area contributed by atoms with Crippen LogP contribution in [0.3, 0.4) is 0 Å². The third kappa shape index (κ3) is 2.45. The molecule has 3 rings (SSSR count). The van der Waals surface area contributed by atoms with Crippen LogP contribution in [0, 0.1) is 18.3 Å². The molecule has 0 amide bonds. The van der Waals surface area contributed by atoms with E-state index in [1.54, 1.807) is 6.92 Å². The van der Waals surface area contributed by atoms with Crippen LogP contribution in [0.15, 0.2) is 18.2 Å². The highest BCUT2D eigenvalue weighted by atomic mass is 16.3. The van der Waals surface area contributed by atoms with Crippen LogP contribution in [0.5, 0.6) is 0 Å². The largest absolute Gasteiger partial charge is 0.389 e. The van der Waals surface area contributed by atoms with Gasteiger partial charge in [0.15, 0.2) is 0 Å². The van der Waals surface area contributed by atoms with E-state index in [0.717, 1.165) is 40.9 Å². The van der Waals surface area contributed by atoms with Crippen molar-refractivity contribution in [2.24, 2.45) is 0 Å². The third-order valence-electron chi connectivity index (χ3n) is 4.07. The molecule has 1 aromatic carbocycles. The fourth-order valence-corrected chi connectivity index (χ4v) is 3.01. The van der Waals surface area contributed by atoms with E-state index in [9.17, 15) is 10.4 Å². The second-order valence-corrected chi connectivity index (χ2v) is 5.76. The Morgan fingerprint density at radius 2 is 2.00 bits per heavy atom. The molecule has 1 atom stereocenters. The minimum Gasteiger partial charge on any atom is -0.389 e. The van der Waals surface area contributed by atoms with Crippen molar-refractivity contribution in [1.29, 1.82) is 5.26 Å². The topological polar surface area (TPSA) is 60.2 Å². The van der Waals surface area contributed by atoms with Crippen LogP contribution in [0.25, 0.3) is 10.9 Å². The normalized spacial score (nSPS) is 16.2. The lowest BCUT2D eigenvalue weighted by molar-refractivity contribution is 0.200. The number of rotatable bonds is 2. The maximum Gasteiger partial charge on any atom is 0.130 e. The molecule has 1 N–H and O–H groups in total. The summed E-state index contributed by atoms with van der Waals surface area (Å²) in [5.41, 5.74) is 3.21. The van der Waals surface area contributed by atoms with Gasteiger partial charge < -0.3 is 10.0 Å². The summed E-state index contributed by atoms with van der Waals surface area (Å²) in [6, 6.07) is 8.08. The van der Waals surface area contributed by atoms with Crippen molar-refractivity contribution in [3.8, 4) is 6.07 Å². The second kappa shape index (κ2) is 5.34. The molecule has 4 nitrogen and oxygen atoms in total. The van der Waals surface area contributed by atoms with Crippen LogP contribution in [-0.2, 0) is 0 Å². The van der Waals surface area contributed by atoms with E-state index in [0.29, 0.717) is 5.56 Å². The molecule has 2 aromatic rings. The second-order valence-electron chi connectivity index (χ2n) is 5.76. The third-order valence-corrected chi connectivity index (χ3v) is 4.07. The summed E-state index contributed by atoms with van der Waals surface area (Å²) in [5, 5.41) is 20.3. The van der Waals surface area contributed by atoms with Gasteiger partial charge in [-0.15, -0.1) is 0 Å². The number of aromatic nitrogens is 1. The predicted octanol–water partition coefficient (Wildman–Crippen LogP) is 3.07. The molecule has 108 valence electrons. The van der Waals surface area contributed by atoms with Gasteiger partial charge in [0.25, 0.3) is 0 Å². The number of aryl methyl sites for hydroxylation is 1. The molecule has 0 aliphatic carbocycles. The zero-order valence-corrected chi connectivity index (χ0v) is 12.4. The van der Waals surface area contributed by atoms with Gasteiger partial charge in [0, 0.05) is 24.0 Å². The van der Waals surface area contributed by atoms with Crippen LogP contribution in [0.4, 0.5) is 5.82 Å². The predicted molar refractivity (Wildman–Crippen MR) is 83.3 cm³/mol. The summed E-state index contributed by atoms with van der Waals surface area (Å²) in [4.78, 5) is 6.96. The number of hydrogen-bond donors (Lipinski definition) is 1. The number of anilines is 1. The summed E-state index contributed by atoms with van der Waals surface area (Å²) in [6.07, 6.45) is 1.73. The molecule has 1 aromatic heterocycles. The molecule has 1 aliphatic rings. The highest BCUT2D eigenvalue weighted by Crippen LogP contribution is 2.30. The van der Waals surface area contributed by atoms with Gasteiger partial charge >= 0.3 is 0 Å². The van der Waals surface area contributed by atoms with Gasteiger partial charge in [0.05, 0.1) is 23.3 Å². The van der Waals surface area contributed by atoms with E-state index in [2.05, 4.69) is 11.0 Å². The number of hydrogen-bond acceptors (Lipinski definition) is 4. The number of aliphatic hydroxyl groups is 1. The average Bonchev–Trinajstić information content (AvgIpc) is 2.99. The number of pyridine rings is 1. The van der Waals surface area contributed by atoms with Gasteiger partial charge in [-0.2, -0.15) is 5.26 Å². The first-order valence-corrected chi connectivity index (χ1v) is 7.38. The zero-order chi connectivity index (χ0) is 15.0. The molecular formula is C17H19N3O. The Bertz CT molecular complexity index is 725. The number of nitriles is 1. The van der Waals surface area contributed by atoms with E-state index in [1.165, 1.54) is 12.8 Å². The SMILES string of the molecule is Cc1cc(C(C)O)c2nc(N3CCCC3)cc(C#N)c2c1. The highest BCUT2D eigenvalue weighted by molar-refractivity contribution is 5.90. The first kappa shape index (κ1) is 13.8. The van der Waals surface area contributed by atoms with E-state index in [1.807, 2.05) is 25.1 Å². The fraction of sp³-hybridized carbons (Fsp3) is 0.412. The quantitative estimate of drug-likeness (QED) is 0.919. The van der Waals surface area contributed by atoms with Gasteiger partial charge in [0.1, 0.15) is 5.82 Å². The van der Waals surface area contributed by atoms with Gasteiger partial charge in [-0.1, -0.05) is 6.07 Å². The molecular weight excluding hydrogens is 262 g/mol. The molecule has 1 fully saturated rings. The minimum absolute atomic E-state index is 0.597. The minimum atomic E-state index is -0.597. The Hall–Kier alpha value is -2.12. The first-order chi connectivity index (χ1) is 10.1. The molecule has 0 bridgehead atoms. The maximum atomic E-state index is 10.0. The van der Waals surface area contributed by atoms with Crippen molar-refractivity contribution in [3.05, 3.63) is 34.9 Å². The van der Waals surface area contributed by atoms with Crippen molar-refractivity contribution in [2.45, 2.75) is 32.8 Å². The smallest absolute Gasteiger partial charge is 0.130 e. The fourth-order valence-electron chi connectivity index (χ4n) is 3.01. The zero-order valence-electron chi connectivity index (χ0n) is 12.4. The summed E-state index contributed by atoms with van der Waals surface area (Å²) >= 11 is 0. The maximum absolute atomic E-state index is 10.0. The molecule has 2 heterocycles. The van der Waals surface area contributed by atoms with Gasteiger partial charge in [-0.25, -0.2) is 4.98 Å². The average molecular weight is 281 g/mol. The Morgan fingerprint density at radius 1 is 1.29 bits per heavy atom. The van der Waals surface area contributed by atoms with E-state index in [-0.39, 0.29) is 0 Å². The molecule has 4 heteroatoms. The number of nitrogens with zero attached hydrogens (tertiary/aromatic N) is 3. The van der Waals surface area contributed by atoms with E-state index in [4.69, 9.17) is 4.98 Å². The monoisotopic (exact) mass is 281 g/mol. The number of fused-ring (bicyclic) bond motifs is 1. The molecule has 21 heavy (non-hydrogen) atoms. The van der Waals surface area contributed by atoms with Crippen molar-refractivity contribution in [1.82, 2.24) is 4.98 Å². The Balaban J connectivity index is 2.28. The van der Waals surface area contributed by atoms with Crippen LogP contribution in [0.2, 0.25) is 0 Å². The lowest BCUT2D eigenvalue weighted by Crippen LogP contribution is -2.19. The summed E-state index contributed by atoms with van der Waals surface area (Å²) in [6.45, 7) is 5.68. The van der Waals surface area contributed by atoms with Crippen molar-refractivity contribution >= 4 is 16.7 Å². The number of aliphatic hydroxyl groups excluding tert-OH is 1. The van der Waals surface area contributed by atoms with E-state index >= 15 is 0 Å². The molecule has 0 saturated carbocycles. The lowest BCUT2D eigenvalue weighted by atomic mass is 9.99. The summed E-state index contributed by atoms with van der Waals surface area (Å²) in [5.74, 6) is 0.849. The first-order valence-electron chi connectivity index (χ1n) is 7.38. The molecule has 0 radical (unpaired) electrons. The van der Waals surface area contributed by atoms with Crippen LogP contribution >= 0.6 is 0 Å². The van der Waals surface area contributed by atoms with Crippen LogP contribution in [0.1, 0.15) is 42.6 Å². The molecule has 0 spiro atoms. The molecule has 1 saturated heterocycles. The van der Waals surface area contributed by atoms with Crippen molar-refractivity contribution in [3.63, 3.8) is 0 Å². The Morgan fingerprint density at radius 3 is 2.62 bits per heavy atom. The summed E-state index contributed by atoms with van der Waals surface area (Å²) in [7, 11) is 0.